The third kappa shape index (κ3) is 2.77. The number of carbonyl (C=O) groups excluding carboxylic acids is 2. The van der Waals surface area contributed by atoms with Gasteiger partial charge in [-0.05, 0) is 26.2 Å². The SMILES string of the molecule is CCOC1CC1C(=O)N1CCC(C(N)=O)CC1. The maximum absolute atomic E-state index is 12.1. The Morgan fingerprint density at radius 1 is 1.35 bits per heavy atom. The number of likely N-dealkylation sites (tertiary alicyclic amines) is 1. The van der Waals surface area contributed by atoms with Crippen molar-refractivity contribution in [1.82, 2.24) is 4.90 Å². The molecule has 2 unspecified atom stereocenters. The highest BCUT2D eigenvalue weighted by Crippen LogP contribution is 2.36. The summed E-state index contributed by atoms with van der Waals surface area (Å²) in [6.07, 6.45) is 2.38. The summed E-state index contributed by atoms with van der Waals surface area (Å²) < 4.78 is 5.42. The summed E-state index contributed by atoms with van der Waals surface area (Å²) in [5, 5.41) is 0. The smallest absolute Gasteiger partial charge is 0.228 e. The lowest BCUT2D eigenvalue weighted by atomic mass is 9.96. The molecular weight excluding hydrogens is 220 g/mol. The summed E-state index contributed by atoms with van der Waals surface area (Å²) in [6, 6.07) is 0. The molecule has 0 bridgehead atoms. The van der Waals surface area contributed by atoms with E-state index in [9.17, 15) is 9.59 Å². The van der Waals surface area contributed by atoms with Gasteiger partial charge in [0.15, 0.2) is 0 Å². The fraction of sp³-hybridized carbons (Fsp3) is 0.833. The Kier molecular flexibility index (Phi) is 3.66. The van der Waals surface area contributed by atoms with Crippen LogP contribution in [-0.4, -0.2) is 42.5 Å². The van der Waals surface area contributed by atoms with Crippen LogP contribution in [0.3, 0.4) is 0 Å². The lowest BCUT2D eigenvalue weighted by molar-refractivity contribution is -0.136. The maximum atomic E-state index is 12.1. The number of primary amides is 1. The second-order valence-corrected chi connectivity index (χ2v) is 4.84. The fourth-order valence-electron chi connectivity index (χ4n) is 2.45. The number of piperidine rings is 1. The van der Waals surface area contributed by atoms with E-state index in [1.165, 1.54) is 0 Å². The van der Waals surface area contributed by atoms with Gasteiger partial charge in [0.05, 0.1) is 12.0 Å². The van der Waals surface area contributed by atoms with Crippen molar-refractivity contribution < 1.29 is 14.3 Å². The quantitative estimate of drug-likeness (QED) is 0.759. The third-order valence-corrected chi connectivity index (χ3v) is 3.64. The minimum absolute atomic E-state index is 0.0547. The van der Waals surface area contributed by atoms with Crippen molar-refractivity contribution in [3.63, 3.8) is 0 Å². The topological polar surface area (TPSA) is 72.6 Å². The molecule has 0 aromatic heterocycles. The van der Waals surface area contributed by atoms with E-state index in [2.05, 4.69) is 0 Å². The van der Waals surface area contributed by atoms with Gasteiger partial charge in [0.2, 0.25) is 11.8 Å². The predicted octanol–water partition coefficient (Wildman–Crippen LogP) is 0.135. The molecule has 5 heteroatoms. The lowest BCUT2D eigenvalue weighted by Crippen LogP contribution is -2.42. The van der Waals surface area contributed by atoms with Crippen molar-refractivity contribution in [2.75, 3.05) is 19.7 Å². The average molecular weight is 240 g/mol. The molecule has 2 fully saturated rings. The number of rotatable bonds is 4. The summed E-state index contributed by atoms with van der Waals surface area (Å²) in [4.78, 5) is 24.9. The van der Waals surface area contributed by atoms with Gasteiger partial charge in [-0.25, -0.2) is 0 Å². The summed E-state index contributed by atoms with van der Waals surface area (Å²) in [5.41, 5.74) is 5.26. The Morgan fingerprint density at radius 2 is 2.00 bits per heavy atom. The largest absolute Gasteiger partial charge is 0.378 e. The predicted molar refractivity (Wildman–Crippen MR) is 62.0 cm³/mol. The van der Waals surface area contributed by atoms with Gasteiger partial charge in [0.25, 0.3) is 0 Å². The highest BCUT2D eigenvalue weighted by molar-refractivity contribution is 5.83. The zero-order valence-corrected chi connectivity index (χ0v) is 10.2. The molecular formula is C12H20N2O3. The molecule has 2 amide bonds. The molecule has 96 valence electrons. The number of hydrogen-bond donors (Lipinski definition) is 1. The van der Waals surface area contributed by atoms with Crippen LogP contribution in [0.5, 0.6) is 0 Å². The first-order valence-electron chi connectivity index (χ1n) is 6.33. The average Bonchev–Trinajstić information content (AvgIpc) is 3.08. The van der Waals surface area contributed by atoms with Crippen molar-refractivity contribution in [3.05, 3.63) is 0 Å². The van der Waals surface area contributed by atoms with E-state index in [0.29, 0.717) is 32.5 Å². The first kappa shape index (κ1) is 12.4. The van der Waals surface area contributed by atoms with Gasteiger partial charge in [-0.1, -0.05) is 0 Å². The molecule has 0 aromatic rings. The number of nitrogens with two attached hydrogens (primary N) is 1. The van der Waals surface area contributed by atoms with E-state index in [1.807, 2.05) is 11.8 Å². The van der Waals surface area contributed by atoms with Gasteiger partial charge in [0.1, 0.15) is 0 Å². The molecule has 1 saturated carbocycles. The van der Waals surface area contributed by atoms with Gasteiger partial charge >= 0.3 is 0 Å². The summed E-state index contributed by atoms with van der Waals surface area (Å²) in [5.74, 6) is -0.0527. The van der Waals surface area contributed by atoms with Crippen molar-refractivity contribution in [3.8, 4) is 0 Å². The van der Waals surface area contributed by atoms with Crippen molar-refractivity contribution in [2.45, 2.75) is 32.3 Å². The molecule has 5 nitrogen and oxygen atoms in total. The number of hydrogen-bond acceptors (Lipinski definition) is 3. The maximum Gasteiger partial charge on any atom is 0.228 e. The van der Waals surface area contributed by atoms with E-state index in [-0.39, 0.29) is 29.8 Å². The van der Waals surface area contributed by atoms with E-state index in [4.69, 9.17) is 10.5 Å². The highest BCUT2D eigenvalue weighted by atomic mass is 16.5. The minimum atomic E-state index is -0.240. The van der Waals surface area contributed by atoms with Gasteiger partial charge in [-0.15, -0.1) is 0 Å². The van der Waals surface area contributed by atoms with Gasteiger partial charge in [-0.2, -0.15) is 0 Å². The zero-order valence-electron chi connectivity index (χ0n) is 10.2. The lowest BCUT2D eigenvalue weighted by Gasteiger charge is -2.30. The number of carbonyl (C=O) groups is 2. The van der Waals surface area contributed by atoms with Crippen LogP contribution < -0.4 is 5.73 Å². The molecule has 17 heavy (non-hydrogen) atoms. The number of amides is 2. The summed E-state index contributed by atoms with van der Waals surface area (Å²) in [6.45, 7) is 3.92. The normalized spacial score (nSPS) is 29.1. The third-order valence-electron chi connectivity index (χ3n) is 3.64. The molecule has 0 aromatic carbocycles. The Labute approximate surface area is 101 Å². The van der Waals surface area contributed by atoms with Crippen LogP contribution in [0.1, 0.15) is 26.2 Å². The first-order chi connectivity index (χ1) is 8.13. The van der Waals surface area contributed by atoms with E-state index < -0.39 is 0 Å². The van der Waals surface area contributed by atoms with Gasteiger partial charge in [0, 0.05) is 25.6 Å². The minimum Gasteiger partial charge on any atom is -0.378 e. The van der Waals surface area contributed by atoms with Crippen LogP contribution in [-0.2, 0) is 14.3 Å². The van der Waals surface area contributed by atoms with E-state index in [0.717, 1.165) is 6.42 Å². The molecule has 2 aliphatic rings. The van der Waals surface area contributed by atoms with Crippen molar-refractivity contribution in [2.24, 2.45) is 17.6 Å². The molecule has 1 saturated heterocycles. The molecule has 2 atom stereocenters. The van der Waals surface area contributed by atoms with Crippen LogP contribution in [0, 0.1) is 11.8 Å². The van der Waals surface area contributed by atoms with Gasteiger partial charge in [-0.3, -0.25) is 9.59 Å². The number of nitrogens with zero attached hydrogens (tertiary/aromatic N) is 1. The molecule has 0 spiro atoms. The Hall–Kier alpha value is -1.10. The molecule has 1 aliphatic heterocycles. The molecule has 2 rings (SSSR count). The second-order valence-electron chi connectivity index (χ2n) is 4.84. The monoisotopic (exact) mass is 240 g/mol. The van der Waals surface area contributed by atoms with Crippen LogP contribution in [0.4, 0.5) is 0 Å². The standard InChI is InChI=1S/C12H20N2O3/c1-2-17-10-7-9(10)12(16)14-5-3-8(4-6-14)11(13)15/h8-10H,2-7H2,1H3,(H2,13,15). The van der Waals surface area contributed by atoms with E-state index in [1.54, 1.807) is 0 Å². The van der Waals surface area contributed by atoms with Crippen molar-refractivity contribution in [1.29, 1.82) is 0 Å². The van der Waals surface area contributed by atoms with Crippen LogP contribution >= 0.6 is 0 Å². The highest BCUT2D eigenvalue weighted by Gasteiger charge is 2.46. The molecule has 0 radical (unpaired) electrons. The summed E-state index contributed by atoms with van der Waals surface area (Å²) >= 11 is 0. The van der Waals surface area contributed by atoms with Crippen LogP contribution in [0.2, 0.25) is 0 Å². The van der Waals surface area contributed by atoms with E-state index >= 15 is 0 Å². The Morgan fingerprint density at radius 3 is 2.53 bits per heavy atom. The summed E-state index contributed by atoms with van der Waals surface area (Å²) in [7, 11) is 0. The van der Waals surface area contributed by atoms with Crippen LogP contribution in [0.15, 0.2) is 0 Å². The molecule has 2 N–H and O–H groups in total. The fourth-order valence-corrected chi connectivity index (χ4v) is 2.45. The van der Waals surface area contributed by atoms with Gasteiger partial charge < -0.3 is 15.4 Å². The Balaban J connectivity index is 1.78. The zero-order chi connectivity index (χ0) is 12.4. The molecule has 1 aliphatic carbocycles. The second kappa shape index (κ2) is 5.04. The molecule has 1 heterocycles. The van der Waals surface area contributed by atoms with Crippen LogP contribution in [0.25, 0.3) is 0 Å². The number of ether oxygens (including phenoxy) is 1. The van der Waals surface area contributed by atoms with Crippen molar-refractivity contribution >= 4 is 11.8 Å². The Bertz CT molecular complexity index is 311. The first-order valence-corrected chi connectivity index (χ1v) is 6.33.